The maximum atomic E-state index is 13.1. The summed E-state index contributed by atoms with van der Waals surface area (Å²) >= 11 is 11.1. The molecule has 6 nitrogen and oxygen atoms in total. The highest BCUT2D eigenvalue weighted by Crippen LogP contribution is 2.55. The van der Waals surface area contributed by atoms with Gasteiger partial charge in [-0.15, -0.1) is 0 Å². The van der Waals surface area contributed by atoms with Crippen LogP contribution in [0.15, 0.2) is 46.0 Å². The largest absolute Gasteiger partial charge is 0.490 e. The molecule has 0 radical (unpaired) electrons. The topological polar surface area (TPSA) is 80.8 Å². The number of aliphatic imine (C=N–C) groups is 1. The van der Waals surface area contributed by atoms with Crippen molar-refractivity contribution in [1.29, 1.82) is 0 Å². The lowest BCUT2D eigenvalue weighted by Crippen LogP contribution is -2.54. The number of pyridine rings is 1. The Morgan fingerprint density at radius 2 is 2.19 bits per heavy atom. The number of benzene rings is 1. The first-order valence-corrected chi connectivity index (χ1v) is 12.4. The van der Waals surface area contributed by atoms with E-state index in [0.717, 1.165) is 40.8 Å². The number of amides is 1. The van der Waals surface area contributed by atoms with Gasteiger partial charge in [0.2, 0.25) is 0 Å². The molecule has 2 aliphatic heterocycles. The van der Waals surface area contributed by atoms with Crippen LogP contribution in [0.1, 0.15) is 35.3 Å². The number of nitrogens with two attached hydrogens (primary N) is 1. The number of ether oxygens (including phenoxy) is 1. The number of nitrogens with zero attached hydrogens (tertiary/aromatic N) is 3. The van der Waals surface area contributed by atoms with Gasteiger partial charge in [0, 0.05) is 41.0 Å². The van der Waals surface area contributed by atoms with E-state index in [-0.39, 0.29) is 24.0 Å². The Morgan fingerprint density at radius 3 is 2.90 bits per heavy atom. The van der Waals surface area contributed by atoms with Crippen LogP contribution in [-0.4, -0.2) is 45.9 Å². The molecule has 4 atom stereocenters. The van der Waals surface area contributed by atoms with E-state index < -0.39 is 5.54 Å². The van der Waals surface area contributed by atoms with Gasteiger partial charge in [-0.3, -0.25) is 4.79 Å². The van der Waals surface area contributed by atoms with E-state index in [9.17, 15) is 4.79 Å². The lowest BCUT2D eigenvalue weighted by molar-refractivity contribution is -0.00258. The number of amidine groups is 1. The predicted molar refractivity (Wildman–Crippen MR) is 127 cm³/mol. The minimum atomic E-state index is -0.433. The van der Waals surface area contributed by atoms with Crippen molar-refractivity contribution in [2.75, 3.05) is 12.8 Å². The van der Waals surface area contributed by atoms with Crippen molar-refractivity contribution >= 4 is 50.4 Å². The maximum Gasteiger partial charge on any atom is 0.272 e. The zero-order valence-electron chi connectivity index (χ0n) is 16.9. The Kier molecular flexibility index (Phi) is 5.43. The van der Waals surface area contributed by atoms with Crippen LogP contribution in [-0.2, 0) is 5.54 Å². The SMILES string of the molecule is CN(C(=O)c1ccc(Cl)cn1)C1CCC2Oc3ccc(Br)cc3C3(CSC(N)=N3)C2C1. The van der Waals surface area contributed by atoms with Crippen molar-refractivity contribution < 1.29 is 9.53 Å². The summed E-state index contributed by atoms with van der Waals surface area (Å²) in [6.07, 6.45) is 4.08. The Balaban J connectivity index is 1.46. The third kappa shape index (κ3) is 3.62. The molecule has 0 saturated heterocycles. The first-order chi connectivity index (χ1) is 14.9. The van der Waals surface area contributed by atoms with Gasteiger partial charge in [-0.05, 0) is 49.6 Å². The van der Waals surface area contributed by atoms with Gasteiger partial charge in [0.1, 0.15) is 23.1 Å². The number of hydrogen-bond donors (Lipinski definition) is 1. The molecule has 5 rings (SSSR count). The molecule has 1 aromatic heterocycles. The predicted octanol–water partition coefficient (Wildman–Crippen LogP) is 4.46. The third-order valence-electron chi connectivity index (χ3n) is 6.62. The van der Waals surface area contributed by atoms with Crippen LogP contribution >= 0.6 is 39.3 Å². The monoisotopic (exact) mass is 520 g/mol. The molecule has 1 amide bonds. The summed E-state index contributed by atoms with van der Waals surface area (Å²) in [5.41, 5.74) is 7.21. The smallest absolute Gasteiger partial charge is 0.272 e. The third-order valence-corrected chi connectivity index (χ3v) is 8.31. The van der Waals surface area contributed by atoms with E-state index in [4.69, 9.17) is 27.1 Å². The summed E-state index contributed by atoms with van der Waals surface area (Å²) < 4.78 is 7.42. The number of aromatic nitrogens is 1. The maximum absolute atomic E-state index is 13.1. The molecule has 3 heterocycles. The van der Waals surface area contributed by atoms with Crippen LogP contribution < -0.4 is 10.5 Å². The minimum absolute atomic E-state index is 0.0531. The number of carbonyl (C=O) groups excluding carboxylic acids is 1. The minimum Gasteiger partial charge on any atom is -0.490 e. The molecule has 162 valence electrons. The molecular weight excluding hydrogens is 500 g/mol. The lowest BCUT2D eigenvalue weighted by Gasteiger charge is -2.49. The molecule has 3 aliphatic rings. The Morgan fingerprint density at radius 1 is 1.35 bits per heavy atom. The van der Waals surface area contributed by atoms with E-state index in [1.165, 1.54) is 6.20 Å². The number of rotatable bonds is 2. The average Bonchev–Trinajstić information content (AvgIpc) is 3.16. The van der Waals surface area contributed by atoms with Gasteiger partial charge < -0.3 is 15.4 Å². The fraction of sp³-hybridized carbons (Fsp3) is 0.409. The molecule has 2 aromatic rings. The van der Waals surface area contributed by atoms with Gasteiger partial charge in [-0.25, -0.2) is 9.98 Å². The summed E-state index contributed by atoms with van der Waals surface area (Å²) in [6.45, 7) is 0. The summed E-state index contributed by atoms with van der Waals surface area (Å²) in [7, 11) is 1.85. The second-order valence-electron chi connectivity index (χ2n) is 8.31. The van der Waals surface area contributed by atoms with Gasteiger partial charge in [0.25, 0.3) is 5.91 Å². The van der Waals surface area contributed by atoms with E-state index in [2.05, 4.69) is 27.0 Å². The fourth-order valence-corrected chi connectivity index (χ4v) is 6.55. The van der Waals surface area contributed by atoms with Crippen LogP contribution in [0.4, 0.5) is 0 Å². The Hall–Kier alpha value is -1.77. The normalized spacial score (nSPS) is 29.0. The summed E-state index contributed by atoms with van der Waals surface area (Å²) in [6, 6.07) is 9.55. The van der Waals surface area contributed by atoms with Crippen LogP contribution in [0.25, 0.3) is 0 Å². The second-order valence-corrected chi connectivity index (χ2v) is 10.7. The van der Waals surface area contributed by atoms with Crippen molar-refractivity contribution in [3.8, 4) is 5.75 Å². The van der Waals surface area contributed by atoms with Gasteiger partial charge in [0.05, 0.1) is 5.02 Å². The van der Waals surface area contributed by atoms with Crippen molar-refractivity contribution in [3.63, 3.8) is 0 Å². The van der Waals surface area contributed by atoms with Crippen molar-refractivity contribution in [3.05, 3.63) is 57.3 Å². The number of carbonyl (C=O) groups is 1. The average molecular weight is 522 g/mol. The van der Waals surface area contributed by atoms with Crippen LogP contribution in [0.2, 0.25) is 5.02 Å². The Bertz CT molecular complexity index is 1070. The molecule has 2 N–H and O–H groups in total. The van der Waals surface area contributed by atoms with Gasteiger partial charge in [-0.1, -0.05) is 39.3 Å². The molecule has 9 heteroatoms. The van der Waals surface area contributed by atoms with Crippen molar-refractivity contribution in [2.45, 2.75) is 36.9 Å². The number of hydrogen-bond acceptors (Lipinski definition) is 6. The van der Waals surface area contributed by atoms with Crippen molar-refractivity contribution in [1.82, 2.24) is 9.88 Å². The van der Waals surface area contributed by atoms with Crippen molar-refractivity contribution in [2.24, 2.45) is 16.6 Å². The zero-order valence-corrected chi connectivity index (χ0v) is 20.1. The van der Waals surface area contributed by atoms with Crippen LogP contribution in [0.5, 0.6) is 5.75 Å². The zero-order chi connectivity index (χ0) is 21.8. The van der Waals surface area contributed by atoms with E-state index in [0.29, 0.717) is 15.9 Å². The molecule has 4 unspecified atom stereocenters. The van der Waals surface area contributed by atoms with E-state index in [1.54, 1.807) is 23.9 Å². The standard InChI is InChI=1S/C22H22BrClN4O2S/c1-28(20(29)17-5-3-13(24)10-26-17)14-4-7-19-16(9-14)22(11-31-21(25)27-22)15-8-12(23)2-6-18(15)30-19/h2-3,5-6,8,10,14,16,19H,4,7,9,11H2,1H3,(H2,25,27). The molecule has 1 spiro atoms. The molecule has 0 bridgehead atoms. The summed E-state index contributed by atoms with van der Waals surface area (Å²) in [4.78, 5) is 24.0. The molecule has 31 heavy (non-hydrogen) atoms. The summed E-state index contributed by atoms with van der Waals surface area (Å²) in [5.74, 6) is 1.71. The number of halogens is 2. The highest BCUT2D eigenvalue weighted by atomic mass is 79.9. The molecule has 1 fully saturated rings. The molecular formula is C22H22BrClN4O2S. The highest BCUT2D eigenvalue weighted by Gasteiger charge is 2.55. The second kappa shape index (κ2) is 7.98. The van der Waals surface area contributed by atoms with Crippen LogP contribution in [0.3, 0.4) is 0 Å². The van der Waals surface area contributed by atoms with Crippen LogP contribution in [0, 0.1) is 5.92 Å². The van der Waals surface area contributed by atoms with Gasteiger partial charge >= 0.3 is 0 Å². The molecule has 1 saturated carbocycles. The fourth-order valence-electron chi connectivity index (χ4n) is 5.04. The summed E-state index contributed by atoms with van der Waals surface area (Å²) in [5, 5.41) is 1.13. The molecule has 1 aliphatic carbocycles. The van der Waals surface area contributed by atoms with Gasteiger partial charge in [0.15, 0.2) is 5.17 Å². The van der Waals surface area contributed by atoms with E-state index >= 15 is 0 Å². The first kappa shape index (κ1) is 21.1. The number of thioether (sulfide) groups is 1. The Labute approximate surface area is 198 Å². The lowest BCUT2D eigenvalue weighted by atomic mass is 9.67. The van der Waals surface area contributed by atoms with E-state index in [1.807, 2.05) is 24.1 Å². The first-order valence-electron chi connectivity index (χ1n) is 10.2. The molecule has 1 aromatic carbocycles. The van der Waals surface area contributed by atoms with Gasteiger partial charge in [-0.2, -0.15) is 0 Å². The quantitative estimate of drug-likeness (QED) is 0.631. The highest BCUT2D eigenvalue weighted by molar-refractivity contribution is 9.10. The number of fused-ring (bicyclic) bond motifs is 4.